The van der Waals surface area contributed by atoms with Crippen LogP contribution in [0.1, 0.15) is 39.0 Å². The van der Waals surface area contributed by atoms with Crippen molar-refractivity contribution in [3.8, 4) is 0 Å². The zero-order chi connectivity index (χ0) is 21.0. The number of amides is 2. The number of carbonyl (C=O) groups excluding carboxylic acids is 1. The van der Waals surface area contributed by atoms with Crippen molar-refractivity contribution in [2.75, 3.05) is 51.7 Å². The Bertz CT molecular complexity index is 696. The molecular weight excluding hydrogens is 407 g/mol. The Balaban J connectivity index is 1.41. The summed E-state index contributed by atoms with van der Waals surface area (Å²) in [6.07, 6.45) is 5.75. The molecule has 3 rings (SSSR count). The van der Waals surface area contributed by atoms with Gasteiger partial charge in [-0.3, -0.25) is 4.90 Å². The average molecular weight is 441 g/mol. The van der Waals surface area contributed by atoms with Gasteiger partial charge in [0.2, 0.25) is 0 Å². The molecule has 1 saturated carbocycles. The molecule has 1 N–H and O–H groups in total. The number of hydrogen-bond acceptors (Lipinski definition) is 3. The summed E-state index contributed by atoms with van der Waals surface area (Å²) < 4.78 is 0. The lowest BCUT2D eigenvalue weighted by Crippen LogP contribution is -2.48. The smallest absolute Gasteiger partial charge is 0.317 e. The van der Waals surface area contributed by atoms with Crippen molar-refractivity contribution in [1.29, 1.82) is 0 Å². The zero-order valence-corrected chi connectivity index (χ0v) is 19.4. The molecule has 0 bridgehead atoms. The predicted molar refractivity (Wildman–Crippen MR) is 122 cm³/mol. The maximum Gasteiger partial charge on any atom is 0.317 e. The molecule has 0 atom stereocenters. The number of piperazine rings is 1. The third-order valence-corrected chi connectivity index (χ3v) is 7.41. The normalized spacial score (nSPS) is 25.7. The standard InChI is InChI=1S/C22H34Cl2N4O/c1-22(9-7-17(8-10-22)25-21(29)26(2)3)11-12-27-13-15-28(16-14-27)19-6-4-5-18(23)20(19)24/h4-6,17H,7-16H2,1-3H3,(H,25,29). The van der Waals surface area contributed by atoms with E-state index in [-0.39, 0.29) is 6.03 Å². The van der Waals surface area contributed by atoms with Crippen LogP contribution in [-0.4, -0.2) is 68.7 Å². The third-order valence-electron chi connectivity index (χ3n) is 6.60. The topological polar surface area (TPSA) is 38.8 Å². The lowest BCUT2D eigenvalue weighted by atomic mass is 9.72. The molecule has 1 aliphatic heterocycles. The Morgan fingerprint density at radius 1 is 1.17 bits per heavy atom. The molecule has 0 unspecified atom stereocenters. The number of nitrogens with zero attached hydrogens (tertiary/aromatic N) is 3. The lowest BCUT2D eigenvalue weighted by Gasteiger charge is -2.41. The van der Waals surface area contributed by atoms with E-state index in [0.717, 1.165) is 51.3 Å². The van der Waals surface area contributed by atoms with Crippen molar-refractivity contribution in [1.82, 2.24) is 15.1 Å². The number of benzene rings is 1. The van der Waals surface area contributed by atoms with Crippen molar-refractivity contribution < 1.29 is 4.79 Å². The molecule has 1 aromatic rings. The first-order valence-electron chi connectivity index (χ1n) is 10.7. The Kier molecular flexibility index (Phi) is 7.58. The molecule has 0 aromatic heterocycles. The summed E-state index contributed by atoms with van der Waals surface area (Å²) in [4.78, 5) is 18.4. The summed E-state index contributed by atoms with van der Waals surface area (Å²) in [6, 6.07) is 6.21. The summed E-state index contributed by atoms with van der Waals surface area (Å²) in [7, 11) is 3.59. The Morgan fingerprint density at radius 3 is 2.45 bits per heavy atom. The van der Waals surface area contributed by atoms with Gasteiger partial charge in [0.25, 0.3) is 0 Å². The second-order valence-corrected chi connectivity index (χ2v) is 9.87. The van der Waals surface area contributed by atoms with Crippen molar-refractivity contribution >= 4 is 34.9 Å². The van der Waals surface area contributed by atoms with Crippen LogP contribution in [0.3, 0.4) is 0 Å². The molecule has 29 heavy (non-hydrogen) atoms. The van der Waals surface area contributed by atoms with Gasteiger partial charge in [0.05, 0.1) is 15.7 Å². The highest BCUT2D eigenvalue weighted by Gasteiger charge is 2.32. The van der Waals surface area contributed by atoms with Crippen molar-refractivity contribution in [2.45, 2.75) is 45.1 Å². The molecule has 1 aliphatic carbocycles. The van der Waals surface area contributed by atoms with Crippen molar-refractivity contribution in [3.63, 3.8) is 0 Å². The number of anilines is 1. The SMILES string of the molecule is CN(C)C(=O)NC1CCC(C)(CCN2CCN(c3cccc(Cl)c3Cl)CC2)CC1. The maximum atomic E-state index is 11.9. The second-order valence-electron chi connectivity index (χ2n) is 9.08. The summed E-state index contributed by atoms with van der Waals surface area (Å²) in [6.45, 7) is 7.63. The van der Waals surface area contributed by atoms with Gasteiger partial charge in [-0.1, -0.05) is 36.2 Å². The fraction of sp³-hybridized carbons (Fsp3) is 0.682. The van der Waals surface area contributed by atoms with Crippen LogP contribution < -0.4 is 10.2 Å². The quantitative estimate of drug-likeness (QED) is 0.719. The summed E-state index contributed by atoms with van der Waals surface area (Å²) in [5.41, 5.74) is 1.43. The van der Waals surface area contributed by atoms with Gasteiger partial charge < -0.3 is 15.1 Å². The summed E-state index contributed by atoms with van der Waals surface area (Å²) >= 11 is 12.6. The molecule has 1 saturated heterocycles. The first-order valence-corrected chi connectivity index (χ1v) is 11.4. The number of carbonyl (C=O) groups is 1. The van der Waals surface area contributed by atoms with Gasteiger partial charge in [-0.05, 0) is 56.2 Å². The van der Waals surface area contributed by atoms with E-state index in [2.05, 4.69) is 28.1 Å². The minimum absolute atomic E-state index is 0.0243. The van der Waals surface area contributed by atoms with Crippen LogP contribution in [0.4, 0.5) is 10.5 Å². The van der Waals surface area contributed by atoms with E-state index < -0.39 is 0 Å². The van der Waals surface area contributed by atoms with E-state index in [1.54, 1.807) is 19.0 Å². The van der Waals surface area contributed by atoms with Crippen LogP contribution in [0, 0.1) is 5.41 Å². The second kappa shape index (κ2) is 9.76. The third kappa shape index (κ3) is 5.93. The molecule has 7 heteroatoms. The maximum absolute atomic E-state index is 11.9. The van der Waals surface area contributed by atoms with E-state index in [1.807, 2.05) is 12.1 Å². The fourth-order valence-electron chi connectivity index (χ4n) is 4.39. The molecule has 0 spiro atoms. The van der Waals surface area contributed by atoms with Gasteiger partial charge >= 0.3 is 6.03 Å². The van der Waals surface area contributed by atoms with Crippen LogP contribution in [0.15, 0.2) is 18.2 Å². The molecule has 2 fully saturated rings. The van der Waals surface area contributed by atoms with E-state index in [1.165, 1.54) is 19.3 Å². The molecule has 162 valence electrons. The Morgan fingerprint density at radius 2 is 1.83 bits per heavy atom. The highest BCUT2D eigenvalue weighted by Crippen LogP contribution is 2.39. The van der Waals surface area contributed by atoms with E-state index >= 15 is 0 Å². The summed E-state index contributed by atoms with van der Waals surface area (Å²) in [5.74, 6) is 0. The molecule has 2 amide bonds. The number of rotatable bonds is 5. The van der Waals surface area contributed by atoms with E-state index in [4.69, 9.17) is 23.2 Å². The Hall–Kier alpha value is -1.17. The molecule has 1 aromatic carbocycles. The number of urea groups is 1. The van der Waals surface area contributed by atoms with Crippen LogP contribution in [0.2, 0.25) is 10.0 Å². The van der Waals surface area contributed by atoms with Crippen LogP contribution in [0.25, 0.3) is 0 Å². The number of nitrogens with one attached hydrogen (secondary N) is 1. The van der Waals surface area contributed by atoms with Gasteiger partial charge in [0.1, 0.15) is 0 Å². The fourth-order valence-corrected chi connectivity index (χ4v) is 4.80. The van der Waals surface area contributed by atoms with Crippen LogP contribution in [-0.2, 0) is 0 Å². The van der Waals surface area contributed by atoms with Crippen molar-refractivity contribution in [2.24, 2.45) is 5.41 Å². The highest BCUT2D eigenvalue weighted by atomic mass is 35.5. The minimum atomic E-state index is 0.0243. The molecule has 2 aliphatic rings. The van der Waals surface area contributed by atoms with Crippen LogP contribution >= 0.6 is 23.2 Å². The molecule has 5 nitrogen and oxygen atoms in total. The van der Waals surface area contributed by atoms with E-state index in [0.29, 0.717) is 21.5 Å². The average Bonchev–Trinajstić information content (AvgIpc) is 2.71. The zero-order valence-electron chi connectivity index (χ0n) is 17.9. The number of halogens is 2. The summed E-state index contributed by atoms with van der Waals surface area (Å²) in [5, 5.41) is 4.42. The Labute approximate surface area is 185 Å². The van der Waals surface area contributed by atoms with Gasteiger partial charge in [0, 0.05) is 46.3 Å². The highest BCUT2D eigenvalue weighted by molar-refractivity contribution is 6.43. The molecule has 0 radical (unpaired) electrons. The van der Waals surface area contributed by atoms with Crippen LogP contribution in [0.5, 0.6) is 0 Å². The van der Waals surface area contributed by atoms with Gasteiger partial charge in [-0.15, -0.1) is 0 Å². The van der Waals surface area contributed by atoms with Gasteiger partial charge in [0.15, 0.2) is 0 Å². The largest absolute Gasteiger partial charge is 0.368 e. The minimum Gasteiger partial charge on any atom is -0.368 e. The van der Waals surface area contributed by atoms with E-state index in [9.17, 15) is 4.79 Å². The lowest BCUT2D eigenvalue weighted by molar-refractivity contribution is 0.136. The first-order chi connectivity index (χ1) is 13.8. The first kappa shape index (κ1) is 22.5. The van der Waals surface area contributed by atoms with Crippen molar-refractivity contribution in [3.05, 3.63) is 28.2 Å². The predicted octanol–water partition coefficient (Wildman–Crippen LogP) is 4.73. The van der Waals surface area contributed by atoms with Gasteiger partial charge in [-0.2, -0.15) is 0 Å². The molecular formula is C22H34Cl2N4O. The monoisotopic (exact) mass is 440 g/mol. The van der Waals surface area contributed by atoms with Gasteiger partial charge in [-0.25, -0.2) is 4.79 Å². The molecule has 1 heterocycles. The number of hydrogen-bond donors (Lipinski definition) is 1.